The summed E-state index contributed by atoms with van der Waals surface area (Å²) < 4.78 is 7.79. The maximum Gasteiger partial charge on any atom is 0.0719 e. The summed E-state index contributed by atoms with van der Waals surface area (Å²) >= 11 is 0. The summed E-state index contributed by atoms with van der Waals surface area (Å²) in [6, 6.07) is 0.499. The molecule has 3 rings (SSSR count). The van der Waals surface area contributed by atoms with E-state index in [9.17, 15) is 0 Å². The largest absolute Gasteiger partial charge is 0.396 e. The molecular weight excluding hydrogens is 178 g/mol. The van der Waals surface area contributed by atoms with Gasteiger partial charge in [0.05, 0.1) is 30.1 Å². The van der Waals surface area contributed by atoms with Gasteiger partial charge in [-0.2, -0.15) is 5.10 Å². The summed E-state index contributed by atoms with van der Waals surface area (Å²) in [7, 11) is 0. The van der Waals surface area contributed by atoms with E-state index in [1.54, 1.807) is 6.20 Å². The Hall–Kier alpha value is -1.03. The van der Waals surface area contributed by atoms with E-state index in [0.29, 0.717) is 18.2 Å². The number of ether oxygens (including phenoxy) is 1. The Labute approximate surface area is 83.0 Å². The minimum atomic E-state index is 0.462. The molecule has 0 aliphatic carbocycles. The Kier molecular flexibility index (Phi) is 1.77. The predicted molar refractivity (Wildman–Crippen MR) is 52.8 cm³/mol. The molecule has 2 atom stereocenters. The van der Waals surface area contributed by atoms with Gasteiger partial charge in [-0.1, -0.05) is 0 Å². The summed E-state index contributed by atoms with van der Waals surface area (Å²) in [6.45, 7) is 0. The number of hydrogen-bond donors (Lipinski definition) is 1. The molecule has 14 heavy (non-hydrogen) atoms. The topological polar surface area (TPSA) is 53.1 Å². The molecule has 2 bridgehead atoms. The van der Waals surface area contributed by atoms with Crippen molar-refractivity contribution in [1.82, 2.24) is 9.78 Å². The number of aromatic nitrogens is 2. The Morgan fingerprint density at radius 2 is 2.07 bits per heavy atom. The van der Waals surface area contributed by atoms with Gasteiger partial charge in [-0.3, -0.25) is 4.68 Å². The third kappa shape index (κ3) is 1.30. The molecule has 2 fully saturated rings. The maximum absolute atomic E-state index is 5.78. The van der Waals surface area contributed by atoms with Gasteiger partial charge in [-0.15, -0.1) is 0 Å². The summed E-state index contributed by atoms with van der Waals surface area (Å²) in [5.74, 6) is 0. The second kappa shape index (κ2) is 2.98. The quantitative estimate of drug-likeness (QED) is 0.732. The van der Waals surface area contributed by atoms with Crippen LogP contribution >= 0.6 is 0 Å². The van der Waals surface area contributed by atoms with E-state index in [-0.39, 0.29) is 0 Å². The highest BCUT2D eigenvalue weighted by Crippen LogP contribution is 2.38. The summed E-state index contributed by atoms with van der Waals surface area (Å²) in [5.41, 5.74) is 6.41. The molecule has 0 amide bonds. The van der Waals surface area contributed by atoms with Gasteiger partial charge in [0.2, 0.25) is 0 Å². The van der Waals surface area contributed by atoms with Gasteiger partial charge >= 0.3 is 0 Å². The van der Waals surface area contributed by atoms with E-state index in [4.69, 9.17) is 10.5 Å². The van der Waals surface area contributed by atoms with Crippen LogP contribution in [0.5, 0.6) is 0 Å². The van der Waals surface area contributed by atoms with Gasteiger partial charge in [0.25, 0.3) is 0 Å². The molecule has 3 heterocycles. The third-order valence-corrected chi connectivity index (χ3v) is 3.26. The van der Waals surface area contributed by atoms with Gasteiger partial charge in [0.1, 0.15) is 0 Å². The molecular formula is C10H15N3O. The highest BCUT2D eigenvalue weighted by molar-refractivity contribution is 5.30. The van der Waals surface area contributed by atoms with E-state index >= 15 is 0 Å². The zero-order valence-electron chi connectivity index (χ0n) is 8.10. The smallest absolute Gasteiger partial charge is 0.0719 e. The van der Waals surface area contributed by atoms with Crippen LogP contribution in [0.3, 0.4) is 0 Å². The molecule has 76 valence electrons. The molecule has 0 spiro atoms. The van der Waals surface area contributed by atoms with E-state index in [2.05, 4.69) is 5.10 Å². The molecule has 2 unspecified atom stereocenters. The van der Waals surface area contributed by atoms with E-state index < -0.39 is 0 Å². The minimum Gasteiger partial charge on any atom is -0.396 e. The van der Waals surface area contributed by atoms with Gasteiger partial charge < -0.3 is 10.5 Å². The van der Waals surface area contributed by atoms with Crippen LogP contribution in [0.25, 0.3) is 0 Å². The lowest BCUT2D eigenvalue weighted by atomic mass is 10.0. The first-order valence-corrected chi connectivity index (χ1v) is 5.26. The molecule has 2 aliphatic heterocycles. The first kappa shape index (κ1) is 8.29. The van der Waals surface area contributed by atoms with Crippen molar-refractivity contribution in [1.29, 1.82) is 0 Å². The second-order valence-electron chi connectivity index (χ2n) is 4.34. The van der Waals surface area contributed by atoms with Crippen LogP contribution in [0.15, 0.2) is 12.4 Å². The summed E-state index contributed by atoms with van der Waals surface area (Å²) in [6.07, 6.45) is 9.20. The first-order valence-electron chi connectivity index (χ1n) is 5.26. The predicted octanol–water partition coefficient (Wildman–Crippen LogP) is 1.35. The molecule has 2 aliphatic rings. The Bertz CT molecular complexity index is 324. The number of nitrogens with zero attached hydrogens (tertiary/aromatic N) is 2. The number of anilines is 1. The molecule has 0 saturated carbocycles. The fraction of sp³-hybridized carbons (Fsp3) is 0.700. The normalized spacial score (nSPS) is 36.1. The number of rotatable bonds is 1. The summed E-state index contributed by atoms with van der Waals surface area (Å²) in [4.78, 5) is 0. The van der Waals surface area contributed by atoms with E-state index in [1.165, 1.54) is 12.8 Å². The fourth-order valence-corrected chi connectivity index (χ4v) is 2.60. The lowest BCUT2D eigenvalue weighted by Gasteiger charge is -2.28. The highest BCUT2D eigenvalue weighted by Gasteiger charge is 2.35. The van der Waals surface area contributed by atoms with Crippen LogP contribution < -0.4 is 5.73 Å². The van der Waals surface area contributed by atoms with Crippen molar-refractivity contribution in [2.24, 2.45) is 0 Å². The SMILES string of the molecule is Nc1cnn(C2CC3CCC(C2)O3)c1. The number of nitrogens with two attached hydrogens (primary N) is 1. The van der Waals surface area contributed by atoms with Gasteiger partial charge in [0.15, 0.2) is 0 Å². The molecule has 0 aromatic carbocycles. The Morgan fingerprint density at radius 1 is 1.36 bits per heavy atom. The monoisotopic (exact) mass is 193 g/mol. The molecule has 2 saturated heterocycles. The molecule has 4 heteroatoms. The van der Waals surface area contributed by atoms with Crippen molar-refractivity contribution in [2.45, 2.75) is 43.9 Å². The Morgan fingerprint density at radius 3 is 2.64 bits per heavy atom. The van der Waals surface area contributed by atoms with Gasteiger partial charge in [-0.05, 0) is 25.7 Å². The molecule has 1 aromatic heterocycles. The molecule has 4 nitrogen and oxygen atoms in total. The van der Waals surface area contributed by atoms with Crippen LogP contribution in [0.1, 0.15) is 31.7 Å². The third-order valence-electron chi connectivity index (χ3n) is 3.26. The lowest BCUT2D eigenvalue weighted by Crippen LogP contribution is -2.27. The minimum absolute atomic E-state index is 0.462. The zero-order chi connectivity index (χ0) is 9.54. The average Bonchev–Trinajstić information content (AvgIpc) is 2.73. The number of nitrogen functional groups attached to an aromatic ring is 1. The fourth-order valence-electron chi connectivity index (χ4n) is 2.60. The van der Waals surface area contributed by atoms with Crippen molar-refractivity contribution in [3.05, 3.63) is 12.4 Å². The van der Waals surface area contributed by atoms with E-state index in [1.807, 2.05) is 10.9 Å². The van der Waals surface area contributed by atoms with Crippen LogP contribution in [-0.2, 0) is 4.74 Å². The zero-order valence-corrected chi connectivity index (χ0v) is 8.10. The maximum atomic E-state index is 5.78. The average molecular weight is 193 g/mol. The first-order chi connectivity index (χ1) is 6.81. The molecule has 0 radical (unpaired) electrons. The van der Waals surface area contributed by atoms with Crippen molar-refractivity contribution in [2.75, 3.05) is 5.73 Å². The molecule has 2 N–H and O–H groups in total. The van der Waals surface area contributed by atoms with Crippen molar-refractivity contribution in [3.8, 4) is 0 Å². The summed E-state index contributed by atoms with van der Waals surface area (Å²) in [5, 5.41) is 4.27. The van der Waals surface area contributed by atoms with Crippen LogP contribution in [0.2, 0.25) is 0 Å². The van der Waals surface area contributed by atoms with Gasteiger partial charge in [0, 0.05) is 6.20 Å². The number of fused-ring (bicyclic) bond motifs is 2. The van der Waals surface area contributed by atoms with Crippen LogP contribution in [0, 0.1) is 0 Å². The number of hydrogen-bond acceptors (Lipinski definition) is 3. The lowest BCUT2D eigenvalue weighted by molar-refractivity contribution is -0.0180. The van der Waals surface area contributed by atoms with Crippen molar-refractivity contribution < 1.29 is 4.74 Å². The van der Waals surface area contributed by atoms with Crippen molar-refractivity contribution in [3.63, 3.8) is 0 Å². The van der Waals surface area contributed by atoms with Crippen LogP contribution in [0.4, 0.5) is 5.69 Å². The molecule has 1 aromatic rings. The highest BCUT2D eigenvalue weighted by atomic mass is 16.5. The van der Waals surface area contributed by atoms with Gasteiger partial charge in [-0.25, -0.2) is 0 Å². The van der Waals surface area contributed by atoms with Crippen molar-refractivity contribution >= 4 is 5.69 Å². The second-order valence-corrected chi connectivity index (χ2v) is 4.34. The van der Waals surface area contributed by atoms with Crippen LogP contribution in [-0.4, -0.2) is 22.0 Å². The standard InChI is InChI=1S/C10H15N3O/c11-7-5-12-13(6-7)8-3-9-1-2-10(4-8)14-9/h5-6,8-10H,1-4,11H2. The Balaban J connectivity index is 1.80. The van der Waals surface area contributed by atoms with E-state index in [0.717, 1.165) is 18.5 Å².